The molecule has 2 atom stereocenters. The van der Waals surface area contributed by atoms with E-state index in [-0.39, 0.29) is 62.7 Å². The molecule has 0 spiro atoms. The largest absolute Gasteiger partial charge is 0.521 e. The Labute approximate surface area is 145 Å². The summed E-state index contributed by atoms with van der Waals surface area (Å²) in [7, 11) is -1.16. The van der Waals surface area contributed by atoms with Crippen molar-refractivity contribution < 1.29 is 14.0 Å². The summed E-state index contributed by atoms with van der Waals surface area (Å²) in [4.78, 5) is 29.0. The second kappa shape index (κ2) is 11.0. The lowest BCUT2D eigenvalue weighted by Crippen LogP contribution is -2.70. The molecule has 2 aliphatic heterocycles. The number of nitrogens with one attached hydrogen (secondary N) is 1. The number of rotatable bonds is 4. The van der Waals surface area contributed by atoms with Crippen LogP contribution in [0.5, 0.6) is 0 Å². The average molecular weight is 367 g/mol. The number of hydrogen-bond donors (Lipinski definition) is 1. The van der Waals surface area contributed by atoms with Crippen molar-refractivity contribution in [3.63, 3.8) is 0 Å². The van der Waals surface area contributed by atoms with Crippen LogP contribution in [0.1, 0.15) is 36.6 Å². The van der Waals surface area contributed by atoms with Gasteiger partial charge in [-0.25, -0.2) is 4.79 Å². The Kier molecular flexibility index (Phi) is 13.2. The van der Waals surface area contributed by atoms with Gasteiger partial charge in [0.05, 0.1) is 9.68 Å². The van der Waals surface area contributed by atoms with Gasteiger partial charge in [-0.05, 0) is 19.0 Å². The highest BCUT2D eigenvalue weighted by atomic mass is 32.2. The van der Waals surface area contributed by atoms with Crippen molar-refractivity contribution in [3.05, 3.63) is 11.3 Å². The van der Waals surface area contributed by atoms with Gasteiger partial charge in [0.2, 0.25) is 15.7 Å². The van der Waals surface area contributed by atoms with Gasteiger partial charge in [-0.15, -0.1) is 11.8 Å². The van der Waals surface area contributed by atoms with Crippen molar-refractivity contribution in [1.29, 1.82) is 0 Å². The first-order valence-corrected chi connectivity index (χ1v) is 11.3. The molecule has 5 nitrogen and oxygen atoms in total. The lowest BCUT2D eigenvalue weighted by Gasteiger charge is -2.49. The van der Waals surface area contributed by atoms with Crippen molar-refractivity contribution >= 4 is 43.1 Å². The smallest absolute Gasteiger partial charge is 0.341 e. The third-order valence-electron chi connectivity index (χ3n) is 3.05. The minimum absolute atomic E-state index is 0. The van der Waals surface area contributed by atoms with Crippen LogP contribution in [0.2, 0.25) is 13.1 Å². The molecule has 8 heteroatoms. The van der Waals surface area contributed by atoms with Gasteiger partial charge < -0.3 is 9.41 Å². The second-order valence-corrected chi connectivity index (χ2v) is 7.38. The molecule has 1 amide bonds. The van der Waals surface area contributed by atoms with E-state index in [2.05, 4.69) is 11.5 Å². The highest BCUT2D eigenvalue weighted by molar-refractivity contribution is 8.00. The van der Waals surface area contributed by atoms with Crippen molar-refractivity contribution in [1.82, 2.24) is 9.88 Å². The zero-order valence-electron chi connectivity index (χ0n) is 10.9. The summed E-state index contributed by atoms with van der Waals surface area (Å²) in [5.74, 6) is 0.506. The summed E-state index contributed by atoms with van der Waals surface area (Å²) in [6, 6.07) is -0.0959. The summed E-state index contributed by atoms with van der Waals surface area (Å²) in [5, 5.41) is 0.0784. The van der Waals surface area contributed by atoms with Crippen LogP contribution in [0, 0.1) is 0 Å². The van der Waals surface area contributed by atoms with Crippen LogP contribution in [0.3, 0.4) is 0 Å². The van der Waals surface area contributed by atoms with E-state index >= 15 is 0 Å². The number of β-lactam (4-membered cyclic amide) rings is 1. The minimum Gasteiger partial charge on any atom is -0.521 e. The molecule has 0 radical (unpaired) electrons. The Bertz CT molecular complexity index is 419. The van der Waals surface area contributed by atoms with Crippen LogP contribution in [0.25, 0.3) is 0 Å². The Hall–Kier alpha value is -0.576. The number of carbonyl (C=O) groups is 2. The molecule has 2 aliphatic rings. The zero-order chi connectivity index (χ0) is 13.3. The maximum absolute atomic E-state index is 12.1. The molecular formula is C14H34N2O3SSi2. The number of thioether (sulfide) groups is 1. The molecule has 0 aromatic carbocycles. The van der Waals surface area contributed by atoms with Crippen molar-refractivity contribution in [3.8, 4) is 0 Å². The molecule has 2 heterocycles. The lowest BCUT2D eigenvalue weighted by atomic mass is 10.0. The molecule has 2 rings (SSSR count). The Balaban J connectivity index is -0.000000902. The van der Waals surface area contributed by atoms with E-state index in [1.54, 1.807) is 16.7 Å². The van der Waals surface area contributed by atoms with E-state index in [0.717, 1.165) is 11.3 Å². The van der Waals surface area contributed by atoms with Gasteiger partial charge in [0.1, 0.15) is 17.1 Å². The molecule has 1 fully saturated rings. The molecule has 0 bridgehead atoms. The molecule has 0 saturated carbocycles. The molecular weight excluding hydrogens is 332 g/mol. The van der Waals surface area contributed by atoms with E-state index in [1.807, 2.05) is 13.5 Å². The number of amides is 1. The standard InChI is InChI=1S/C10H18N2O3SSi2.4CH4/c1-5-4-16-9-6(11-17-2)8(13)12(9)7(5)10(14)15-18-3;;;;/h6,9,11H,4,17-18H2,1-3H3;4*1H4. The first kappa shape index (κ1) is 26.3. The van der Waals surface area contributed by atoms with E-state index in [0.29, 0.717) is 5.70 Å². The predicted octanol–water partition coefficient (Wildman–Crippen LogP) is 1.49. The first-order valence-electron chi connectivity index (χ1n) is 6.16. The molecule has 2 unspecified atom stereocenters. The number of nitrogens with zero attached hydrogens (tertiary/aromatic N) is 1. The Morgan fingerprint density at radius 2 is 1.91 bits per heavy atom. The molecule has 22 heavy (non-hydrogen) atoms. The average Bonchev–Trinajstić information content (AvgIpc) is 2.35. The maximum atomic E-state index is 12.1. The fourth-order valence-electron chi connectivity index (χ4n) is 2.24. The summed E-state index contributed by atoms with van der Waals surface area (Å²) < 4.78 is 5.18. The summed E-state index contributed by atoms with van der Waals surface area (Å²) >= 11 is 1.72. The highest BCUT2D eigenvalue weighted by Crippen LogP contribution is 2.40. The summed E-state index contributed by atoms with van der Waals surface area (Å²) in [6.07, 6.45) is 0. The van der Waals surface area contributed by atoms with E-state index < -0.39 is 9.76 Å². The molecule has 0 aliphatic carbocycles. The van der Waals surface area contributed by atoms with Gasteiger partial charge in [-0.3, -0.25) is 9.69 Å². The molecule has 0 aromatic heterocycles. The third-order valence-corrected chi connectivity index (χ3v) is 5.87. The van der Waals surface area contributed by atoms with Crippen molar-refractivity contribution in [2.45, 2.75) is 61.1 Å². The van der Waals surface area contributed by atoms with Crippen LogP contribution in [-0.4, -0.2) is 53.4 Å². The van der Waals surface area contributed by atoms with Crippen LogP contribution >= 0.6 is 11.8 Å². The number of fused-ring (bicyclic) bond motifs is 1. The van der Waals surface area contributed by atoms with Gasteiger partial charge in [0.25, 0.3) is 0 Å². The number of carbonyl (C=O) groups excluding carboxylic acids is 2. The van der Waals surface area contributed by atoms with Crippen molar-refractivity contribution in [2.24, 2.45) is 0 Å². The third kappa shape index (κ3) is 4.47. The van der Waals surface area contributed by atoms with Gasteiger partial charge in [-0.1, -0.05) is 36.3 Å². The topological polar surface area (TPSA) is 58.6 Å². The first-order chi connectivity index (χ1) is 8.61. The van der Waals surface area contributed by atoms with Crippen LogP contribution < -0.4 is 4.98 Å². The van der Waals surface area contributed by atoms with Crippen LogP contribution in [0.15, 0.2) is 11.3 Å². The highest BCUT2D eigenvalue weighted by Gasteiger charge is 2.52. The Morgan fingerprint density at radius 1 is 1.32 bits per heavy atom. The fraction of sp³-hybridized carbons (Fsp3) is 0.714. The van der Waals surface area contributed by atoms with Crippen molar-refractivity contribution in [2.75, 3.05) is 5.75 Å². The van der Waals surface area contributed by atoms with Crippen LogP contribution in [0.4, 0.5) is 0 Å². The Morgan fingerprint density at radius 3 is 2.41 bits per heavy atom. The van der Waals surface area contributed by atoms with E-state index in [1.165, 1.54) is 0 Å². The lowest BCUT2D eigenvalue weighted by molar-refractivity contribution is -0.147. The monoisotopic (exact) mass is 366 g/mol. The molecule has 0 aromatic rings. The van der Waals surface area contributed by atoms with Gasteiger partial charge in [0, 0.05) is 5.75 Å². The van der Waals surface area contributed by atoms with E-state index in [4.69, 9.17) is 4.43 Å². The predicted molar refractivity (Wildman–Crippen MR) is 105 cm³/mol. The van der Waals surface area contributed by atoms with Gasteiger partial charge in [-0.2, -0.15) is 0 Å². The number of hydrogen-bond acceptors (Lipinski definition) is 5. The molecule has 1 saturated heterocycles. The second-order valence-electron chi connectivity index (χ2n) is 4.29. The molecule has 132 valence electrons. The van der Waals surface area contributed by atoms with Gasteiger partial charge in [0.15, 0.2) is 0 Å². The summed E-state index contributed by atoms with van der Waals surface area (Å²) in [5.41, 5.74) is 1.44. The minimum atomic E-state index is -0.793. The molecule has 1 N–H and O–H groups in total. The van der Waals surface area contributed by atoms with Crippen LogP contribution in [-0.2, 0) is 14.0 Å². The van der Waals surface area contributed by atoms with E-state index in [9.17, 15) is 9.59 Å². The quantitative estimate of drug-likeness (QED) is 0.603. The normalized spacial score (nSPS) is 23.0. The fourth-order valence-corrected chi connectivity index (χ4v) is 4.97. The van der Waals surface area contributed by atoms with Gasteiger partial charge >= 0.3 is 5.97 Å². The maximum Gasteiger partial charge on any atom is 0.341 e. The SMILES string of the molecule is C.C.C.C.C[SiH2]NC1C(=O)N2C(C(=O)O[SiH2]C)=C(C)CSC12. The zero-order valence-corrected chi connectivity index (χ0v) is 14.5. The summed E-state index contributed by atoms with van der Waals surface area (Å²) in [6.45, 7) is 5.93.